The normalized spacial score (nSPS) is 31.7. The van der Waals surface area contributed by atoms with Gasteiger partial charge in [-0.25, -0.2) is 0 Å². The fourth-order valence-electron chi connectivity index (χ4n) is 4.00. The summed E-state index contributed by atoms with van der Waals surface area (Å²) in [5.74, 6) is 0.554. The molecule has 3 aliphatic rings. The number of hydrogen-bond donors (Lipinski definition) is 1. The van der Waals surface area contributed by atoms with Gasteiger partial charge in [0.1, 0.15) is 0 Å². The van der Waals surface area contributed by atoms with Gasteiger partial charge in [0, 0.05) is 25.7 Å². The van der Waals surface area contributed by atoms with Crippen LogP contribution in [-0.4, -0.2) is 55.8 Å². The molecule has 3 rings (SSSR count). The fraction of sp³-hybridized carbons (Fsp3) is 1.00. The van der Waals surface area contributed by atoms with Crippen LogP contribution >= 0.6 is 0 Å². The molecule has 0 amide bonds. The molecule has 20 heavy (non-hydrogen) atoms. The summed E-state index contributed by atoms with van der Waals surface area (Å²) in [5.41, 5.74) is 0. The lowest BCUT2D eigenvalue weighted by atomic mass is 9.89. The lowest BCUT2D eigenvalue weighted by molar-refractivity contribution is 0.218. The first-order valence-electron chi connectivity index (χ1n) is 8.17. The van der Waals surface area contributed by atoms with E-state index in [0.29, 0.717) is 5.92 Å². The van der Waals surface area contributed by atoms with Gasteiger partial charge in [-0.05, 0) is 57.5 Å². The molecule has 3 fully saturated rings. The second kappa shape index (κ2) is 6.30. The molecule has 6 heteroatoms. The molecule has 116 valence electrons. The van der Waals surface area contributed by atoms with E-state index < -0.39 is 10.2 Å². The maximum atomic E-state index is 12.9. The molecular formula is C14H27N3O2S. The third kappa shape index (κ3) is 2.89. The van der Waals surface area contributed by atoms with Crippen molar-refractivity contribution in [2.24, 2.45) is 5.92 Å². The van der Waals surface area contributed by atoms with Crippen molar-refractivity contribution in [2.75, 3.05) is 32.7 Å². The maximum Gasteiger partial charge on any atom is 0.282 e. The zero-order valence-corrected chi connectivity index (χ0v) is 13.1. The van der Waals surface area contributed by atoms with Gasteiger partial charge >= 0.3 is 0 Å². The maximum absolute atomic E-state index is 12.9. The van der Waals surface area contributed by atoms with Gasteiger partial charge in [0.2, 0.25) is 0 Å². The Labute approximate surface area is 122 Å². The quantitative estimate of drug-likeness (QED) is 0.852. The standard InChI is InChI=1S/C14H27N3O2S/c18-20(19,16-10-2-1-3-11-16)17-12-4-5-14(17)13-6-8-15-9-7-13/h13-15H,1-12H2. The zero-order chi connectivity index (χ0) is 14.0. The molecule has 3 saturated heterocycles. The number of rotatable bonds is 3. The van der Waals surface area contributed by atoms with Gasteiger partial charge < -0.3 is 5.32 Å². The van der Waals surface area contributed by atoms with Crippen LogP contribution < -0.4 is 5.32 Å². The molecule has 0 spiro atoms. The highest BCUT2D eigenvalue weighted by Gasteiger charge is 2.41. The smallest absolute Gasteiger partial charge is 0.282 e. The van der Waals surface area contributed by atoms with E-state index in [0.717, 1.165) is 71.2 Å². The van der Waals surface area contributed by atoms with E-state index in [1.165, 1.54) is 6.42 Å². The van der Waals surface area contributed by atoms with E-state index in [9.17, 15) is 8.42 Å². The van der Waals surface area contributed by atoms with Crippen LogP contribution in [0.2, 0.25) is 0 Å². The Kier molecular flexibility index (Phi) is 4.65. The highest BCUT2D eigenvalue weighted by Crippen LogP contribution is 2.33. The number of piperidine rings is 2. The average molecular weight is 301 g/mol. The average Bonchev–Trinajstić information content (AvgIpc) is 2.99. The molecule has 1 N–H and O–H groups in total. The summed E-state index contributed by atoms with van der Waals surface area (Å²) in [4.78, 5) is 0. The number of nitrogens with one attached hydrogen (secondary N) is 1. The summed E-state index contributed by atoms with van der Waals surface area (Å²) >= 11 is 0. The Bertz CT molecular complexity index is 414. The molecule has 5 nitrogen and oxygen atoms in total. The van der Waals surface area contributed by atoms with Crippen LogP contribution in [0.15, 0.2) is 0 Å². The highest BCUT2D eigenvalue weighted by molar-refractivity contribution is 7.86. The third-order valence-corrected chi connectivity index (χ3v) is 7.18. The first-order chi connectivity index (χ1) is 9.69. The number of hydrogen-bond acceptors (Lipinski definition) is 3. The third-order valence-electron chi connectivity index (χ3n) is 5.11. The predicted octanol–water partition coefficient (Wildman–Crippen LogP) is 1.18. The number of nitrogens with zero attached hydrogens (tertiary/aromatic N) is 2. The Morgan fingerprint density at radius 3 is 2.25 bits per heavy atom. The van der Waals surface area contributed by atoms with Gasteiger partial charge in [0.25, 0.3) is 10.2 Å². The Hall–Kier alpha value is -0.170. The van der Waals surface area contributed by atoms with Gasteiger partial charge in [-0.2, -0.15) is 17.0 Å². The zero-order valence-electron chi connectivity index (χ0n) is 12.3. The van der Waals surface area contributed by atoms with Crippen LogP contribution in [0.4, 0.5) is 0 Å². The van der Waals surface area contributed by atoms with Crippen LogP contribution in [0.1, 0.15) is 44.9 Å². The van der Waals surface area contributed by atoms with Gasteiger partial charge in [-0.1, -0.05) is 6.42 Å². The SMILES string of the molecule is O=S(=O)(N1CCCCC1)N1CCCC1C1CCNCC1. The van der Waals surface area contributed by atoms with Crippen molar-refractivity contribution >= 4 is 10.2 Å². The second-order valence-corrected chi connectivity index (χ2v) is 8.26. The molecular weight excluding hydrogens is 274 g/mol. The first kappa shape index (κ1) is 14.8. The monoisotopic (exact) mass is 301 g/mol. The molecule has 0 aromatic rings. The largest absolute Gasteiger partial charge is 0.317 e. The first-order valence-corrected chi connectivity index (χ1v) is 9.57. The summed E-state index contributed by atoms with van der Waals surface area (Å²) < 4.78 is 29.3. The van der Waals surface area contributed by atoms with E-state index in [1.54, 1.807) is 4.31 Å². The van der Waals surface area contributed by atoms with Gasteiger partial charge in [0.05, 0.1) is 0 Å². The van der Waals surface area contributed by atoms with Crippen molar-refractivity contribution in [1.82, 2.24) is 13.9 Å². The minimum absolute atomic E-state index is 0.254. The van der Waals surface area contributed by atoms with E-state index >= 15 is 0 Å². The summed E-state index contributed by atoms with van der Waals surface area (Å²) in [6.45, 7) is 4.25. The van der Waals surface area contributed by atoms with Crippen LogP contribution in [-0.2, 0) is 10.2 Å². The molecule has 3 aliphatic heterocycles. The van der Waals surface area contributed by atoms with Crippen molar-refractivity contribution in [3.8, 4) is 0 Å². The molecule has 0 radical (unpaired) electrons. The minimum Gasteiger partial charge on any atom is -0.317 e. The molecule has 1 unspecified atom stereocenters. The van der Waals surface area contributed by atoms with Gasteiger partial charge in [-0.3, -0.25) is 0 Å². The molecule has 0 aromatic heterocycles. The highest BCUT2D eigenvalue weighted by atomic mass is 32.2. The lowest BCUT2D eigenvalue weighted by Gasteiger charge is -2.37. The Morgan fingerprint density at radius 2 is 1.55 bits per heavy atom. The van der Waals surface area contributed by atoms with Crippen molar-refractivity contribution in [3.63, 3.8) is 0 Å². The Balaban J connectivity index is 1.73. The Morgan fingerprint density at radius 1 is 0.850 bits per heavy atom. The molecule has 0 aliphatic carbocycles. The molecule has 0 aromatic carbocycles. The van der Waals surface area contributed by atoms with Crippen LogP contribution in [0, 0.1) is 5.92 Å². The van der Waals surface area contributed by atoms with E-state index in [4.69, 9.17) is 0 Å². The van der Waals surface area contributed by atoms with Crippen molar-refractivity contribution < 1.29 is 8.42 Å². The molecule has 3 heterocycles. The summed E-state index contributed by atoms with van der Waals surface area (Å²) in [7, 11) is -3.21. The fourth-order valence-corrected chi connectivity index (χ4v) is 5.99. The lowest BCUT2D eigenvalue weighted by Crippen LogP contribution is -2.50. The van der Waals surface area contributed by atoms with E-state index in [1.807, 2.05) is 4.31 Å². The van der Waals surface area contributed by atoms with Crippen LogP contribution in [0.25, 0.3) is 0 Å². The van der Waals surface area contributed by atoms with E-state index in [2.05, 4.69) is 5.32 Å². The summed E-state index contributed by atoms with van der Waals surface area (Å²) in [6, 6.07) is 0.254. The minimum atomic E-state index is -3.21. The topological polar surface area (TPSA) is 52.7 Å². The van der Waals surface area contributed by atoms with Crippen molar-refractivity contribution in [3.05, 3.63) is 0 Å². The molecule has 1 atom stereocenters. The summed E-state index contributed by atoms with van der Waals surface area (Å²) in [5, 5.41) is 3.38. The van der Waals surface area contributed by atoms with Crippen LogP contribution in [0.3, 0.4) is 0 Å². The summed E-state index contributed by atoms with van der Waals surface area (Å²) in [6.07, 6.45) is 7.53. The van der Waals surface area contributed by atoms with Gasteiger partial charge in [-0.15, -0.1) is 0 Å². The van der Waals surface area contributed by atoms with Crippen molar-refractivity contribution in [2.45, 2.75) is 51.0 Å². The predicted molar refractivity (Wildman–Crippen MR) is 79.7 cm³/mol. The van der Waals surface area contributed by atoms with Crippen LogP contribution in [0.5, 0.6) is 0 Å². The van der Waals surface area contributed by atoms with Crippen molar-refractivity contribution in [1.29, 1.82) is 0 Å². The molecule has 0 saturated carbocycles. The van der Waals surface area contributed by atoms with E-state index in [-0.39, 0.29) is 6.04 Å². The molecule has 0 bridgehead atoms. The second-order valence-electron chi connectivity index (χ2n) is 6.38. The van der Waals surface area contributed by atoms with Gasteiger partial charge in [0.15, 0.2) is 0 Å².